The molecule has 6 nitrogen and oxygen atoms in total. The second kappa shape index (κ2) is 7.78. The minimum Gasteiger partial charge on any atom is -0.495 e. The van der Waals surface area contributed by atoms with Crippen LogP contribution in [0.5, 0.6) is 17.2 Å². The summed E-state index contributed by atoms with van der Waals surface area (Å²) in [5.41, 5.74) is 1.71. The number of rotatable bonds is 5. The maximum atomic E-state index is 12.5. The molecule has 2 aromatic carbocycles. The zero-order chi connectivity index (χ0) is 18.6. The van der Waals surface area contributed by atoms with E-state index >= 15 is 0 Å². The highest BCUT2D eigenvalue weighted by Gasteiger charge is 2.25. The zero-order valence-electron chi connectivity index (χ0n) is 15.4. The molecule has 0 bridgehead atoms. The summed E-state index contributed by atoms with van der Waals surface area (Å²) in [7, 11) is 1.69. The number of nitrogens with one attached hydrogen (secondary N) is 1. The van der Waals surface area contributed by atoms with Crippen molar-refractivity contribution < 1.29 is 19.0 Å². The molecule has 142 valence electrons. The number of nitrogens with zero attached hydrogens (tertiary/aromatic N) is 1. The van der Waals surface area contributed by atoms with E-state index in [0.29, 0.717) is 42.7 Å². The van der Waals surface area contributed by atoms with Crippen LogP contribution < -0.4 is 24.4 Å². The van der Waals surface area contributed by atoms with E-state index in [1.807, 2.05) is 18.2 Å². The van der Waals surface area contributed by atoms with Gasteiger partial charge < -0.3 is 24.4 Å². The molecule has 2 aliphatic rings. The number of amides is 1. The lowest BCUT2D eigenvalue weighted by Gasteiger charge is -2.21. The van der Waals surface area contributed by atoms with Gasteiger partial charge in [-0.2, -0.15) is 0 Å². The van der Waals surface area contributed by atoms with Crippen molar-refractivity contribution in [3.05, 3.63) is 48.0 Å². The van der Waals surface area contributed by atoms with Crippen LogP contribution in [0.2, 0.25) is 0 Å². The van der Waals surface area contributed by atoms with Crippen molar-refractivity contribution in [3.63, 3.8) is 0 Å². The van der Waals surface area contributed by atoms with E-state index in [2.05, 4.69) is 16.3 Å². The number of carbonyl (C=O) groups is 1. The van der Waals surface area contributed by atoms with Crippen LogP contribution in [0.1, 0.15) is 16.8 Å². The highest BCUT2D eigenvalue weighted by Crippen LogP contribution is 2.32. The summed E-state index contributed by atoms with van der Waals surface area (Å²) < 4.78 is 16.5. The quantitative estimate of drug-likeness (QED) is 0.879. The summed E-state index contributed by atoms with van der Waals surface area (Å²) in [5, 5.41) is 3.06. The first kappa shape index (κ1) is 17.5. The molecule has 1 unspecified atom stereocenters. The maximum absolute atomic E-state index is 12.5. The molecule has 0 radical (unpaired) electrons. The summed E-state index contributed by atoms with van der Waals surface area (Å²) in [4.78, 5) is 14.8. The van der Waals surface area contributed by atoms with Gasteiger partial charge in [-0.15, -0.1) is 0 Å². The molecule has 0 spiro atoms. The molecule has 1 saturated heterocycles. The van der Waals surface area contributed by atoms with E-state index in [1.165, 1.54) is 0 Å². The Kier molecular flexibility index (Phi) is 5.05. The van der Waals surface area contributed by atoms with Gasteiger partial charge in [0.25, 0.3) is 5.91 Å². The minimum absolute atomic E-state index is 0.0808. The van der Waals surface area contributed by atoms with Crippen molar-refractivity contribution in [2.75, 3.05) is 44.9 Å². The predicted molar refractivity (Wildman–Crippen MR) is 103 cm³/mol. The second-order valence-electron chi connectivity index (χ2n) is 6.84. The van der Waals surface area contributed by atoms with E-state index in [-0.39, 0.29) is 5.91 Å². The third-order valence-electron chi connectivity index (χ3n) is 5.07. The van der Waals surface area contributed by atoms with Gasteiger partial charge in [0, 0.05) is 25.2 Å². The van der Waals surface area contributed by atoms with Crippen molar-refractivity contribution in [1.29, 1.82) is 0 Å². The third kappa shape index (κ3) is 3.79. The van der Waals surface area contributed by atoms with E-state index in [4.69, 9.17) is 14.2 Å². The summed E-state index contributed by atoms with van der Waals surface area (Å²) in [6.45, 7) is 3.58. The van der Waals surface area contributed by atoms with Gasteiger partial charge in [-0.3, -0.25) is 4.79 Å². The topological polar surface area (TPSA) is 60.0 Å². The second-order valence-corrected chi connectivity index (χ2v) is 6.84. The van der Waals surface area contributed by atoms with Gasteiger partial charge in [-0.05, 0) is 42.7 Å². The van der Waals surface area contributed by atoms with E-state index in [0.717, 1.165) is 30.9 Å². The van der Waals surface area contributed by atoms with Crippen molar-refractivity contribution in [1.82, 2.24) is 5.32 Å². The molecule has 1 fully saturated rings. The minimum atomic E-state index is -0.0808. The molecule has 0 aliphatic carbocycles. The smallest absolute Gasteiger partial charge is 0.251 e. The molecule has 0 saturated carbocycles. The van der Waals surface area contributed by atoms with E-state index < -0.39 is 0 Å². The summed E-state index contributed by atoms with van der Waals surface area (Å²) in [6, 6.07) is 13.4. The van der Waals surface area contributed by atoms with Crippen LogP contribution in [0.3, 0.4) is 0 Å². The zero-order valence-corrected chi connectivity index (χ0v) is 15.4. The van der Waals surface area contributed by atoms with Gasteiger partial charge in [0.2, 0.25) is 0 Å². The lowest BCUT2D eigenvalue weighted by atomic mass is 10.1. The number of fused-ring (bicyclic) bond motifs is 1. The summed E-state index contributed by atoms with van der Waals surface area (Å²) in [5.74, 6) is 2.55. The van der Waals surface area contributed by atoms with Crippen molar-refractivity contribution in [2.45, 2.75) is 6.42 Å². The Morgan fingerprint density at radius 3 is 2.85 bits per heavy atom. The fourth-order valence-corrected chi connectivity index (χ4v) is 3.63. The molecular weight excluding hydrogens is 344 g/mol. The molecule has 1 N–H and O–H groups in total. The first-order valence-corrected chi connectivity index (χ1v) is 9.30. The molecule has 6 heteroatoms. The van der Waals surface area contributed by atoms with Crippen LogP contribution in [0.4, 0.5) is 5.69 Å². The average Bonchev–Trinajstić information content (AvgIpc) is 3.20. The summed E-state index contributed by atoms with van der Waals surface area (Å²) >= 11 is 0. The molecular formula is C21H24N2O4. The number of para-hydroxylation sites is 2. The number of hydrogen-bond acceptors (Lipinski definition) is 5. The van der Waals surface area contributed by atoms with Crippen molar-refractivity contribution in [3.8, 4) is 17.2 Å². The van der Waals surface area contributed by atoms with Crippen LogP contribution >= 0.6 is 0 Å². The van der Waals surface area contributed by atoms with Gasteiger partial charge in [-0.1, -0.05) is 12.1 Å². The Morgan fingerprint density at radius 1 is 1.19 bits per heavy atom. The number of benzene rings is 2. The van der Waals surface area contributed by atoms with Crippen molar-refractivity contribution >= 4 is 11.6 Å². The number of methoxy groups -OCH3 is 1. The van der Waals surface area contributed by atoms with E-state index in [1.54, 1.807) is 25.3 Å². The Bertz CT molecular complexity index is 824. The predicted octanol–water partition coefficient (Wildman–Crippen LogP) is 2.72. The van der Waals surface area contributed by atoms with Crippen LogP contribution in [0.25, 0.3) is 0 Å². The first-order chi connectivity index (χ1) is 13.2. The number of carbonyl (C=O) groups excluding carboxylic acids is 1. The van der Waals surface area contributed by atoms with Crippen molar-refractivity contribution in [2.24, 2.45) is 5.92 Å². The molecule has 2 aromatic rings. The summed E-state index contributed by atoms with van der Waals surface area (Å²) in [6.07, 6.45) is 1.04. The van der Waals surface area contributed by atoms with Crippen LogP contribution in [0.15, 0.2) is 42.5 Å². The first-order valence-electron chi connectivity index (χ1n) is 9.30. The maximum Gasteiger partial charge on any atom is 0.251 e. The largest absolute Gasteiger partial charge is 0.495 e. The fraction of sp³-hybridized carbons (Fsp3) is 0.381. The molecule has 4 rings (SSSR count). The van der Waals surface area contributed by atoms with Gasteiger partial charge in [-0.25, -0.2) is 0 Å². The number of hydrogen-bond donors (Lipinski definition) is 1. The standard InChI is InChI=1S/C21H24N2O4/c1-25-18-5-3-2-4-17(18)23-9-8-15(14-23)13-22-21(24)16-6-7-19-20(12-16)27-11-10-26-19/h2-7,12,15H,8-11,13-14H2,1H3,(H,22,24). The Labute approximate surface area is 159 Å². The van der Waals surface area contributed by atoms with E-state index in [9.17, 15) is 4.79 Å². The normalized spacial score (nSPS) is 18.3. The number of anilines is 1. The molecule has 1 amide bonds. The van der Waals surface area contributed by atoms with Gasteiger partial charge in [0.05, 0.1) is 12.8 Å². The lowest BCUT2D eigenvalue weighted by Crippen LogP contribution is -2.31. The Morgan fingerprint density at radius 2 is 2.00 bits per heavy atom. The van der Waals surface area contributed by atoms with Crippen LogP contribution in [-0.4, -0.2) is 45.9 Å². The Hall–Kier alpha value is -2.89. The highest BCUT2D eigenvalue weighted by molar-refractivity contribution is 5.94. The van der Waals surface area contributed by atoms with Gasteiger partial charge in [0.1, 0.15) is 19.0 Å². The van der Waals surface area contributed by atoms with Crippen LogP contribution in [0, 0.1) is 5.92 Å². The SMILES string of the molecule is COc1ccccc1N1CCC(CNC(=O)c2ccc3c(c2)OCCO3)C1. The third-order valence-corrected chi connectivity index (χ3v) is 5.07. The van der Waals surface area contributed by atoms with Gasteiger partial charge in [0.15, 0.2) is 11.5 Å². The Balaban J connectivity index is 1.34. The molecule has 1 atom stereocenters. The molecule has 2 heterocycles. The molecule has 27 heavy (non-hydrogen) atoms. The molecule has 2 aliphatic heterocycles. The number of ether oxygens (including phenoxy) is 3. The molecule has 0 aromatic heterocycles. The monoisotopic (exact) mass is 368 g/mol. The highest BCUT2D eigenvalue weighted by atomic mass is 16.6. The van der Waals surface area contributed by atoms with Gasteiger partial charge >= 0.3 is 0 Å². The fourth-order valence-electron chi connectivity index (χ4n) is 3.63. The lowest BCUT2D eigenvalue weighted by molar-refractivity contribution is 0.0947. The van der Waals surface area contributed by atoms with Crippen LogP contribution in [-0.2, 0) is 0 Å². The average molecular weight is 368 g/mol.